The summed E-state index contributed by atoms with van der Waals surface area (Å²) in [4.78, 5) is 12.3. The average molecular weight is 283 g/mol. The standard InChI is InChI=1S/C12H12ClFN4O/c1-3-19-12-17-10(16-11(15-2)18-12)7-4-8(13)6-9(14)5-7/h4-6H,3H2,1-2H3,(H,15,16,17,18). The molecule has 0 saturated carbocycles. The van der Waals surface area contributed by atoms with E-state index >= 15 is 0 Å². The van der Waals surface area contributed by atoms with E-state index in [4.69, 9.17) is 16.3 Å². The van der Waals surface area contributed by atoms with Crippen molar-refractivity contribution in [2.45, 2.75) is 6.92 Å². The molecule has 7 heteroatoms. The molecule has 1 N–H and O–H groups in total. The minimum absolute atomic E-state index is 0.178. The fourth-order valence-corrected chi connectivity index (χ4v) is 1.70. The van der Waals surface area contributed by atoms with Crippen LogP contribution in [-0.4, -0.2) is 28.6 Å². The fraction of sp³-hybridized carbons (Fsp3) is 0.250. The summed E-state index contributed by atoms with van der Waals surface area (Å²) in [5.74, 6) is 0.185. The molecule has 100 valence electrons. The van der Waals surface area contributed by atoms with Gasteiger partial charge in [0, 0.05) is 17.6 Å². The average Bonchev–Trinajstić information content (AvgIpc) is 2.37. The van der Waals surface area contributed by atoms with Crippen molar-refractivity contribution in [3.05, 3.63) is 29.0 Å². The van der Waals surface area contributed by atoms with Gasteiger partial charge in [-0.15, -0.1) is 0 Å². The smallest absolute Gasteiger partial charge is 0.321 e. The predicted molar refractivity (Wildman–Crippen MR) is 70.9 cm³/mol. The molecule has 1 aromatic heterocycles. The van der Waals surface area contributed by atoms with Crippen LogP contribution in [-0.2, 0) is 0 Å². The molecule has 0 unspecified atom stereocenters. The zero-order chi connectivity index (χ0) is 13.8. The number of rotatable bonds is 4. The summed E-state index contributed by atoms with van der Waals surface area (Å²) in [5, 5.41) is 3.07. The van der Waals surface area contributed by atoms with Crippen LogP contribution in [0.2, 0.25) is 5.02 Å². The fourth-order valence-electron chi connectivity index (χ4n) is 1.47. The predicted octanol–water partition coefficient (Wildman–Crippen LogP) is 2.77. The van der Waals surface area contributed by atoms with Crippen LogP contribution in [0.4, 0.5) is 10.3 Å². The molecular weight excluding hydrogens is 271 g/mol. The summed E-state index contributed by atoms with van der Waals surface area (Å²) < 4.78 is 18.6. The highest BCUT2D eigenvalue weighted by Gasteiger charge is 2.10. The molecule has 0 fully saturated rings. The first-order valence-corrected chi connectivity index (χ1v) is 6.03. The zero-order valence-corrected chi connectivity index (χ0v) is 11.2. The highest BCUT2D eigenvalue weighted by molar-refractivity contribution is 6.30. The van der Waals surface area contributed by atoms with Crippen molar-refractivity contribution in [2.24, 2.45) is 0 Å². The summed E-state index contributed by atoms with van der Waals surface area (Å²) in [7, 11) is 1.67. The summed E-state index contributed by atoms with van der Waals surface area (Å²) in [6.45, 7) is 2.25. The Bertz CT molecular complexity index is 574. The Morgan fingerprint density at radius 3 is 2.68 bits per heavy atom. The molecule has 5 nitrogen and oxygen atoms in total. The Balaban J connectivity index is 2.50. The van der Waals surface area contributed by atoms with Gasteiger partial charge in [-0.25, -0.2) is 4.39 Å². The van der Waals surface area contributed by atoms with Crippen molar-refractivity contribution < 1.29 is 9.13 Å². The van der Waals surface area contributed by atoms with Crippen LogP contribution in [0.5, 0.6) is 6.01 Å². The molecule has 1 aromatic carbocycles. The van der Waals surface area contributed by atoms with Gasteiger partial charge in [-0.2, -0.15) is 15.0 Å². The van der Waals surface area contributed by atoms with Gasteiger partial charge in [0.05, 0.1) is 6.61 Å². The summed E-state index contributed by atoms with van der Waals surface area (Å²) >= 11 is 5.82. The van der Waals surface area contributed by atoms with Gasteiger partial charge in [-0.05, 0) is 25.1 Å². The van der Waals surface area contributed by atoms with Gasteiger partial charge in [0.1, 0.15) is 5.82 Å². The molecule has 0 radical (unpaired) electrons. The lowest BCUT2D eigenvalue weighted by Gasteiger charge is -2.07. The van der Waals surface area contributed by atoms with Crippen LogP contribution < -0.4 is 10.1 Å². The topological polar surface area (TPSA) is 59.9 Å². The van der Waals surface area contributed by atoms with Crippen LogP contribution in [0.1, 0.15) is 6.92 Å². The second kappa shape index (κ2) is 5.79. The third-order valence-corrected chi connectivity index (χ3v) is 2.45. The number of nitrogens with one attached hydrogen (secondary N) is 1. The van der Waals surface area contributed by atoms with Gasteiger partial charge in [0.15, 0.2) is 5.82 Å². The second-order valence-corrected chi connectivity index (χ2v) is 4.04. The van der Waals surface area contributed by atoms with E-state index in [9.17, 15) is 4.39 Å². The Morgan fingerprint density at radius 2 is 2.05 bits per heavy atom. The molecule has 0 aliphatic heterocycles. The van der Waals surface area contributed by atoms with Gasteiger partial charge in [-0.3, -0.25) is 0 Å². The maximum Gasteiger partial charge on any atom is 0.321 e. The van der Waals surface area contributed by atoms with Gasteiger partial charge in [0.25, 0.3) is 0 Å². The maximum atomic E-state index is 13.3. The monoisotopic (exact) mass is 282 g/mol. The van der Waals surface area contributed by atoms with Crippen LogP contribution in [0.25, 0.3) is 11.4 Å². The van der Waals surface area contributed by atoms with E-state index < -0.39 is 5.82 Å². The van der Waals surface area contributed by atoms with E-state index in [0.717, 1.165) is 0 Å². The van der Waals surface area contributed by atoms with E-state index in [0.29, 0.717) is 23.9 Å². The van der Waals surface area contributed by atoms with Crippen molar-refractivity contribution >= 4 is 17.5 Å². The first-order chi connectivity index (χ1) is 9.12. The van der Waals surface area contributed by atoms with E-state index in [1.807, 2.05) is 6.92 Å². The summed E-state index contributed by atoms with van der Waals surface area (Å²) in [6, 6.07) is 4.28. The second-order valence-electron chi connectivity index (χ2n) is 3.61. The molecule has 2 aromatic rings. The Hall–Kier alpha value is -1.95. The number of halogens is 2. The summed E-state index contributed by atoms with van der Waals surface area (Å²) in [5.41, 5.74) is 0.463. The minimum atomic E-state index is -0.452. The van der Waals surface area contributed by atoms with Crippen LogP contribution >= 0.6 is 11.6 Å². The van der Waals surface area contributed by atoms with E-state index in [2.05, 4.69) is 20.3 Å². The lowest BCUT2D eigenvalue weighted by Crippen LogP contribution is -2.05. The number of benzene rings is 1. The number of hydrogen-bond acceptors (Lipinski definition) is 5. The molecule has 19 heavy (non-hydrogen) atoms. The van der Waals surface area contributed by atoms with Gasteiger partial charge in [0.2, 0.25) is 5.95 Å². The number of nitrogens with zero attached hydrogens (tertiary/aromatic N) is 3. The third-order valence-electron chi connectivity index (χ3n) is 2.23. The first kappa shape index (κ1) is 13.5. The van der Waals surface area contributed by atoms with Gasteiger partial charge >= 0.3 is 6.01 Å². The Morgan fingerprint density at radius 1 is 1.26 bits per heavy atom. The molecule has 0 bridgehead atoms. The lowest BCUT2D eigenvalue weighted by atomic mass is 10.2. The van der Waals surface area contributed by atoms with Crippen LogP contribution in [0.3, 0.4) is 0 Å². The maximum absolute atomic E-state index is 13.3. The molecule has 0 saturated heterocycles. The third kappa shape index (κ3) is 3.29. The molecule has 0 aliphatic rings. The highest BCUT2D eigenvalue weighted by atomic mass is 35.5. The first-order valence-electron chi connectivity index (χ1n) is 5.65. The molecule has 1 heterocycles. The largest absolute Gasteiger partial charge is 0.464 e. The SMILES string of the molecule is CCOc1nc(NC)nc(-c2cc(F)cc(Cl)c2)n1. The van der Waals surface area contributed by atoms with Gasteiger partial charge < -0.3 is 10.1 Å². The minimum Gasteiger partial charge on any atom is -0.464 e. The lowest BCUT2D eigenvalue weighted by molar-refractivity contribution is 0.312. The number of anilines is 1. The number of aromatic nitrogens is 3. The van der Waals surface area contributed by atoms with Crippen molar-refractivity contribution in [3.8, 4) is 17.4 Å². The molecule has 0 spiro atoms. The van der Waals surface area contributed by atoms with Gasteiger partial charge in [-0.1, -0.05) is 11.6 Å². The molecule has 0 aliphatic carbocycles. The zero-order valence-electron chi connectivity index (χ0n) is 10.4. The van der Waals surface area contributed by atoms with E-state index in [-0.39, 0.29) is 11.0 Å². The van der Waals surface area contributed by atoms with E-state index in [1.54, 1.807) is 13.1 Å². The quantitative estimate of drug-likeness (QED) is 0.934. The molecule has 0 atom stereocenters. The molecule has 2 rings (SSSR count). The Kier molecular flexibility index (Phi) is 4.11. The van der Waals surface area contributed by atoms with Crippen LogP contribution in [0, 0.1) is 5.82 Å². The number of hydrogen-bond donors (Lipinski definition) is 1. The van der Waals surface area contributed by atoms with Crippen molar-refractivity contribution in [1.29, 1.82) is 0 Å². The normalized spacial score (nSPS) is 10.3. The Labute approximate surface area is 114 Å². The van der Waals surface area contributed by atoms with Crippen molar-refractivity contribution in [2.75, 3.05) is 19.0 Å². The molecular formula is C12H12ClFN4O. The van der Waals surface area contributed by atoms with E-state index in [1.165, 1.54) is 12.1 Å². The van der Waals surface area contributed by atoms with Crippen LogP contribution in [0.15, 0.2) is 18.2 Å². The summed E-state index contributed by atoms with van der Waals surface area (Å²) in [6.07, 6.45) is 0. The van der Waals surface area contributed by atoms with Crippen molar-refractivity contribution in [3.63, 3.8) is 0 Å². The molecule has 0 amide bonds. The number of ether oxygens (including phenoxy) is 1. The van der Waals surface area contributed by atoms with Crippen molar-refractivity contribution in [1.82, 2.24) is 15.0 Å². The highest BCUT2D eigenvalue weighted by Crippen LogP contribution is 2.23.